The first kappa shape index (κ1) is 22.0. The highest BCUT2D eigenvalue weighted by Crippen LogP contribution is 2.11. The van der Waals surface area contributed by atoms with Gasteiger partial charge in [-0.15, -0.1) is 0 Å². The Morgan fingerprint density at radius 1 is 1.03 bits per heavy atom. The summed E-state index contributed by atoms with van der Waals surface area (Å²) in [5.74, 6) is -1.37. The maximum Gasteiger partial charge on any atom is 0.337 e. The van der Waals surface area contributed by atoms with Gasteiger partial charge >= 0.3 is 5.97 Å². The molecule has 0 aliphatic heterocycles. The van der Waals surface area contributed by atoms with Crippen molar-refractivity contribution in [3.05, 3.63) is 65.5 Å². The summed E-state index contributed by atoms with van der Waals surface area (Å²) in [5.41, 5.74) is 1.58. The third-order valence-corrected chi connectivity index (χ3v) is 4.15. The van der Waals surface area contributed by atoms with Crippen molar-refractivity contribution in [2.75, 3.05) is 32.1 Å². The number of benzene rings is 2. The molecule has 0 saturated carbocycles. The van der Waals surface area contributed by atoms with E-state index in [0.717, 1.165) is 5.56 Å². The molecule has 0 bridgehead atoms. The molecule has 2 aromatic rings. The maximum absolute atomic E-state index is 12.9. The topological polar surface area (TPSA) is 87.7 Å². The number of hydrogen-bond donors (Lipinski definition) is 2. The summed E-state index contributed by atoms with van der Waals surface area (Å²) in [7, 11) is 1.29. The van der Waals surface area contributed by atoms with Crippen LogP contribution in [0.15, 0.2) is 48.5 Å². The van der Waals surface area contributed by atoms with Crippen molar-refractivity contribution in [1.82, 2.24) is 10.2 Å². The van der Waals surface area contributed by atoms with Crippen molar-refractivity contribution in [1.29, 1.82) is 0 Å². The minimum absolute atomic E-state index is 0.0168. The number of carbonyl (C=O) groups is 3. The Balaban J connectivity index is 1.83. The second-order valence-electron chi connectivity index (χ2n) is 6.33. The van der Waals surface area contributed by atoms with E-state index in [1.54, 1.807) is 35.2 Å². The number of likely N-dealkylation sites (N-methyl/N-ethyl adjacent to an activating group) is 1. The van der Waals surface area contributed by atoms with Gasteiger partial charge in [-0.1, -0.05) is 25.1 Å². The fourth-order valence-corrected chi connectivity index (χ4v) is 2.59. The zero-order valence-electron chi connectivity index (χ0n) is 16.4. The molecular formula is C21H24FN3O4. The van der Waals surface area contributed by atoms with E-state index < -0.39 is 5.97 Å². The number of methoxy groups -OCH3 is 1. The lowest BCUT2D eigenvalue weighted by Crippen LogP contribution is -2.40. The maximum atomic E-state index is 12.9. The number of amides is 2. The van der Waals surface area contributed by atoms with Crippen molar-refractivity contribution in [2.24, 2.45) is 0 Å². The van der Waals surface area contributed by atoms with Crippen LogP contribution in [0.3, 0.4) is 0 Å². The van der Waals surface area contributed by atoms with Crippen molar-refractivity contribution in [2.45, 2.75) is 13.5 Å². The van der Waals surface area contributed by atoms with E-state index in [4.69, 9.17) is 0 Å². The summed E-state index contributed by atoms with van der Waals surface area (Å²) >= 11 is 0. The lowest BCUT2D eigenvalue weighted by atomic mass is 10.2. The number of esters is 1. The smallest absolute Gasteiger partial charge is 0.337 e. The van der Waals surface area contributed by atoms with Gasteiger partial charge in [-0.25, -0.2) is 9.18 Å². The number of ether oxygens (including phenoxy) is 1. The van der Waals surface area contributed by atoms with Crippen LogP contribution in [-0.2, 0) is 20.9 Å². The first-order valence-corrected chi connectivity index (χ1v) is 9.13. The Morgan fingerprint density at radius 3 is 2.38 bits per heavy atom. The third-order valence-electron chi connectivity index (χ3n) is 4.15. The van der Waals surface area contributed by atoms with Crippen LogP contribution in [0, 0.1) is 5.82 Å². The Morgan fingerprint density at radius 2 is 1.72 bits per heavy atom. The van der Waals surface area contributed by atoms with Crippen LogP contribution in [-0.4, -0.2) is 49.4 Å². The number of nitrogens with zero attached hydrogens (tertiary/aromatic N) is 1. The number of halogens is 1. The summed E-state index contributed by atoms with van der Waals surface area (Å²) in [6, 6.07) is 12.3. The van der Waals surface area contributed by atoms with Gasteiger partial charge in [0.05, 0.1) is 25.8 Å². The largest absolute Gasteiger partial charge is 0.465 e. The van der Waals surface area contributed by atoms with Gasteiger partial charge in [-0.05, 0) is 42.4 Å². The molecule has 2 rings (SSSR count). The fourth-order valence-electron chi connectivity index (χ4n) is 2.59. The van der Waals surface area contributed by atoms with Crippen LogP contribution in [0.25, 0.3) is 0 Å². The lowest BCUT2D eigenvalue weighted by Gasteiger charge is -2.19. The van der Waals surface area contributed by atoms with Gasteiger partial charge < -0.3 is 15.4 Å². The third kappa shape index (κ3) is 7.34. The first-order chi connectivity index (χ1) is 13.9. The highest BCUT2D eigenvalue weighted by atomic mass is 19.1. The van der Waals surface area contributed by atoms with Gasteiger partial charge in [0, 0.05) is 12.2 Å². The average molecular weight is 401 g/mol. The molecule has 0 aliphatic carbocycles. The van der Waals surface area contributed by atoms with Gasteiger partial charge in [0.2, 0.25) is 11.8 Å². The molecule has 0 atom stereocenters. The van der Waals surface area contributed by atoms with Crippen LogP contribution >= 0.6 is 0 Å². The van der Waals surface area contributed by atoms with E-state index >= 15 is 0 Å². The zero-order chi connectivity index (χ0) is 21.2. The summed E-state index contributed by atoms with van der Waals surface area (Å²) in [6.45, 7) is 2.69. The predicted octanol–water partition coefficient (Wildman–Crippen LogP) is 2.19. The van der Waals surface area contributed by atoms with E-state index in [-0.39, 0.29) is 37.3 Å². The van der Waals surface area contributed by atoms with Gasteiger partial charge in [0.1, 0.15) is 5.82 Å². The second-order valence-corrected chi connectivity index (χ2v) is 6.33. The van der Waals surface area contributed by atoms with Crippen molar-refractivity contribution >= 4 is 23.5 Å². The number of rotatable bonds is 9. The fraction of sp³-hybridized carbons (Fsp3) is 0.286. The molecule has 29 heavy (non-hydrogen) atoms. The van der Waals surface area contributed by atoms with Crippen LogP contribution in [0.2, 0.25) is 0 Å². The van der Waals surface area contributed by atoms with Gasteiger partial charge in [-0.3, -0.25) is 14.5 Å². The molecule has 7 nitrogen and oxygen atoms in total. The number of hydrogen-bond acceptors (Lipinski definition) is 5. The van der Waals surface area contributed by atoms with Gasteiger partial charge in [-0.2, -0.15) is 0 Å². The van der Waals surface area contributed by atoms with E-state index in [1.807, 2.05) is 6.92 Å². The molecule has 2 aromatic carbocycles. The number of nitrogens with one attached hydrogen (secondary N) is 2. The Bertz CT molecular complexity index is 855. The van der Waals surface area contributed by atoms with Crippen molar-refractivity contribution in [3.8, 4) is 0 Å². The van der Waals surface area contributed by atoms with E-state index in [2.05, 4.69) is 15.4 Å². The van der Waals surface area contributed by atoms with E-state index in [9.17, 15) is 18.8 Å². The molecule has 0 unspecified atom stereocenters. The quantitative estimate of drug-likeness (QED) is 0.629. The van der Waals surface area contributed by atoms with Crippen LogP contribution in [0.5, 0.6) is 0 Å². The molecule has 154 valence electrons. The minimum atomic E-state index is -0.492. The van der Waals surface area contributed by atoms with Crippen molar-refractivity contribution < 1.29 is 23.5 Å². The average Bonchev–Trinajstić information content (AvgIpc) is 2.72. The standard InChI is InChI=1S/C21H24FN3O4/c1-3-25(13-19(26)23-12-15-7-9-17(22)10-8-15)14-20(27)24-18-6-4-5-16(11-18)21(28)29-2/h4-11H,3,12-14H2,1-2H3,(H,23,26)(H,24,27). The normalized spacial score (nSPS) is 10.5. The van der Waals surface area contributed by atoms with Crippen LogP contribution in [0.1, 0.15) is 22.8 Å². The molecule has 2 amide bonds. The summed E-state index contributed by atoms with van der Waals surface area (Å²) < 4.78 is 17.6. The molecule has 2 N–H and O–H groups in total. The highest BCUT2D eigenvalue weighted by Gasteiger charge is 2.14. The van der Waals surface area contributed by atoms with E-state index in [0.29, 0.717) is 17.8 Å². The monoisotopic (exact) mass is 401 g/mol. The molecule has 0 aliphatic rings. The van der Waals surface area contributed by atoms with Gasteiger partial charge in [0.25, 0.3) is 0 Å². The summed E-state index contributed by atoms with van der Waals surface area (Å²) in [5, 5.41) is 5.45. The Labute approximate surface area is 168 Å². The molecular weight excluding hydrogens is 377 g/mol. The predicted molar refractivity (Wildman–Crippen MR) is 107 cm³/mol. The Hall–Kier alpha value is -3.26. The molecule has 0 fully saturated rings. The number of carbonyl (C=O) groups excluding carboxylic acids is 3. The van der Waals surface area contributed by atoms with Crippen molar-refractivity contribution in [3.63, 3.8) is 0 Å². The summed E-state index contributed by atoms with van der Waals surface area (Å²) in [6.07, 6.45) is 0. The minimum Gasteiger partial charge on any atom is -0.465 e. The number of anilines is 1. The highest BCUT2D eigenvalue weighted by molar-refractivity contribution is 5.95. The zero-order valence-corrected chi connectivity index (χ0v) is 16.4. The molecule has 0 heterocycles. The van der Waals surface area contributed by atoms with Crippen LogP contribution in [0.4, 0.5) is 10.1 Å². The lowest BCUT2D eigenvalue weighted by molar-refractivity contribution is -0.123. The van der Waals surface area contributed by atoms with E-state index in [1.165, 1.54) is 25.3 Å². The molecule has 8 heteroatoms. The van der Waals surface area contributed by atoms with Crippen LogP contribution < -0.4 is 10.6 Å². The summed E-state index contributed by atoms with van der Waals surface area (Å²) in [4.78, 5) is 37.7. The molecule has 0 radical (unpaired) electrons. The second kappa shape index (κ2) is 10.9. The molecule has 0 aromatic heterocycles. The van der Waals surface area contributed by atoms with Gasteiger partial charge in [0.15, 0.2) is 0 Å². The molecule has 0 spiro atoms. The molecule has 0 saturated heterocycles. The first-order valence-electron chi connectivity index (χ1n) is 9.13. The SMILES string of the molecule is CCN(CC(=O)NCc1ccc(F)cc1)CC(=O)Nc1cccc(C(=O)OC)c1. The Kier molecular flexibility index (Phi) is 8.29.